The molecule has 0 unspecified atom stereocenters. The zero-order chi connectivity index (χ0) is 29.4. The highest BCUT2D eigenvalue weighted by Gasteiger charge is 2.28. The predicted octanol–water partition coefficient (Wildman–Crippen LogP) is 5.94. The van der Waals surface area contributed by atoms with E-state index in [1.54, 1.807) is 19.1 Å². The molecule has 0 aliphatic heterocycles. The first-order chi connectivity index (χ1) is 19.8. The Hall–Kier alpha value is -3.70. The number of amides is 2. The van der Waals surface area contributed by atoms with Crippen LogP contribution in [0.5, 0.6) is 11.5 Å². The van der Waals surface area contributed by atoms with Crippen LogP contribution in [-0.4, -0.2) is 37.2 Å². The van der Waals surface area contributed by atoms with E-state index >= 15 is 0 Å². The molecule has 0 spiro atoms. The fourth-order valence-corrected chi connectivity index (χ4v) is 6.20. The fourth-order valence-electron chi connectivity index (χ4n) is 4.35. The van der Waals surface area contributed by atoms with E-state index in [1.807, 2.05) is 38.1 Å². The van der Waals surface area contributed by atoms with Crippen molar-refractivity contribution < 1.29 is 28.6 Å². The van der Waals surface area contributed by atoms with Gasteiger partial charge in [-0.05, 0) is 91.2 Å². The highest BCUT2D eigenvalue weighted by Crippen LogP contribution is 2.39. The number of benzene rings is 2. The van der Waals surface area contributed by atoms with Gasteiger partial charge in [0, 0.05) is 4.88 Å². The molecule has 216 valence electrons. The minimum Gasteiger partial charge on any atom is -0.490 e. The number of hydrogen-bond acceptors (Lipinski definition) is 8. The standard InChI is InChI=1S/C30H32BrN3O6S/c1-4-38-23-15-20(14-22(31)26(23)40-17-19-12-10-18(3)11-13-19)16-32-34-28(36)27(35)33-29-25(30(37)39-5-2)21-8-6-7-9-24(21)41-29/h10-16H,4-9,17H2,1-3H3,(H,33,35)(H,34,36)/b32-16+. The van der Waals surface area contributed by atoms with Crippen molar-refractivity contribution in [1.29, 1.82) is 0 Å². The number of hydrazone groups is 1. The first-order valence-corrected chi connectivity index (χ1v) is 15.0. The molecule has 0 saturated carbocycles. The summed E-state index contributed by atoms with van der Waals surface area (Å²) >= 11 is 4.85. The van der Waals surface area contributed by atoms with Crippen LogP contribution in [0.3, 0.4) is 0 Å². The van der Waals surface area contributed by atoms with Crippen molar-refractivity contribution >= 4 is 56.3 Å². The van der Waals surface area contributed by atoms with Crippen LogP contribution in [0.25, 0.3) is 0 Å². The molecule has 4 rings (SSSR count). The van der Waals surface area contributed by atoms with Crippen molar-refractivity contribution in [2.45, 2.75) is 53.1 Å². The molecule has 2 N–H and O–H groups in total. The molecule has 11 heteroatoms. The van der Waals surface area contributed by atoms with E-state index in [9.17, 15) is 14.4 Å². The Morgan fingerprint density at radius 3 is 2.51 bits per heavy atom. The van der Waals surface area contributed by atoms with E-state index in [4.69, 9.17) is 14.2 Å². The molecule has 0 bridgehead atoms. The molecule has 0 saturated heterocycles. The third-order valence-electron chi connectivity index (χ3n) is 6.30. The molecule has 1 aromatic heterocycles. The lowest BCUT2D eigenvalue weighted by Crippen LogP contribution is -2.32. The van der Waals surface area contributed by atoms with Crippen LogP contribution < -0.4 is 20.2 Å². The Morgan fingerprint density at radius 1 is 1.02 bits per heavy atom. The van der Waals surface area contributed by atoms with Gasteiger partial charge in [-0.2, -0.15) is 5.10 Å². The Labute approximate surface area is 251 Å². The summed E-state index contributed by atoms with van der Waals surface area (Å²) in [6.07, 6.45) is 4.93. The normalized spacial score (nSPS) is 12.5. The quantitative estimate of drug-likeness (QED) is 0.122. The number of thiophene rings is 1. The van der Waals surface area contributed by atoms with E-state index in [2.05, 4.69) is 31.8 Å². The van der Waals surface area contributed by atoms with Crippen molar-refractivity contribution in [1.82, 2.24) is 5.43 Å². The summed E-state index contributed by atoms with van der Waals surface area (Å²) in [6, 6.07) is 11.6. The summed E-state index contributed by atoms with van der Waals surface area (Å²) in [7, 11) is 0. The Bertz CT molecular complexity index is 1450. The summed E-state index contributed by atoms with van der Waals surface area (Å²) in [5.41, 5.74) is 6.29. The zero-order valence-corrected chi connectivity index (χ0v) is 25.6. The number of carbonyl (C=O) groups excluding carboxylic acids is 3. The number of carbonyl (C=O) groups is 3. The molecular weight excluding hydrogens is 610 g/mol. The van der Waals surface area contributed by atoms with Crippen molar-refractivity contribution in [2.75, 3.05) is 18.5 Å². The highest BCUT2D eigenvalue weighted by atomic mass is 79.9. The van der Waals surface area contributed by atoms with E-state index < -0.39 is 17.8 Å². The smallest absolute Gasteiger partial charge is 0.341 e. The van der Waals surface area contributed by atoms with Crippen LogP contribution in [0.1, 0.15) is 64.2 Å². The van der Waals surface area contributed by atoms with Gasteiger partial charge in [0.2, 0.25) is 0 Å². The molecular formula is C30H32BrN3O6S. The number of halogens is 1. The van der Waals surface area contributed by atoms with Gasteiger partial charge < -0.3 is 19.5 Å². The number of hydrogen-bond donors (Lipinski definition) is 2. The van der Waals surface area contributed by atoms with Crippen molar-refractivity contribution in [2.24, 2.45) is 5.10 Å². The number of ether oxygens (including phenoxy) is 3. The second-order valence-electron chi connectivity index (χ2n) is 9.33. The Morgan fingerprint density at radius 2 is 1.78 bits per heavy atom. The summed E-state index contributed by atoms with van der Waals surface area (Å²) in [5.74, 6) is -1.34. The van der Waals surface area contributed by atoms with E-state index in [1.165, 1.54) is 23.1 Å². The van der Waals surface area contributed by atoms with Gasteiger partial charge in [-0.25, -0.2) is 10.2 Å². The fraction of sp³-hybridized carbons (Fsp3) is 0.333. The molecule has 0 atom stereocenters. The first kappa shape index (κ1) is 30.3. The molecule has 1 aliphatic rings. The van der Waals surface area contributed by atoms with Crippen LogP contribution >= 0.6 is 27.3 Å². The topological polar surface area (TPSA) is 115 Å². The maximum Gasteiger partial charge on any atom is 0.341 e. The Balaban J connectivity index is 1.42. The van der Waals surface area contributed by atoms with Gasteiger partial charge in [-0.15, -0.1) is 11.3 Å². The van der Waals surface area contributed by atoms with Crippen molar-refractivity contribution in [3.63, 3.8) is 0 Å². The third kappa shape index (κ3) is 7.74. The molecule has 1 aliphatic carbocycles. The average Bonchev–Trinajstić information content (AvgIpc) is 3.31. The molecule has 41 heavy (non-hydrogen) atoms. The van der Waals surface area contributed by atoms with Crippen molar-refractivity contribution in [3.05, 3.63) is 73.6 Å². The van der Waals surface area contributed by atoms with Gasteiger partial charge in [0.1, 0.15) is 11.6 Å². The van der Waals surface area contributed by atoms with Crippen LogP contribution in [-0.2, 0) is 33.8 Å². The Kier molecular flexibility index (Phi) is 10.5. The minimum atomic E-state index is -0.968. The molecule has 3 aromatic rings. The lowest BCUT2D eigenvalue weighted by atomic mass is 9.95. The van der Waals surface area contributed by atoms with Gasteiger partial charge in [0.05, 0.1) is 29.5 Å². The maximum absolute atomic E-state index is 12.7. The number of aryl methyl sites for hydroxylation is 2. The monoisotopic (exact) mass is 641 g/mol. The molecule has 1 heterocycles. The lowest BCUT2D eigenvalue weighted by molar-refractivity contribution is -0.136. The average molecular weight is 643 g/mol. The SMILES string of the molecule is CCOC(=O)c1c(NC(=O)C(=O)N/N=C/c2cc(Br)c(OCc3ccc(C)cc3)c(OCC)c2)sc2c1CCCC2. The molecule has 0 radical (unpaired) electrons. The predicted molar refractivity (Wildman–Crippen MR) is 162 cm³/mol. The van der Waals surface area contributed by atoms with E-state index in [0.29, 0.717) is 45.3 Å². The summed E-state index contributed by atoms with van der Waals surface area (Å²) < 4.78 is 17.7. The zero-order valence-electron chi connectivity index (χ0n) is 23.2. The van der Waals surface area contributed by atoms with Crippen molar-refractivity contribution in [3.8, 4) is 11.5 Å². The number of anilines is 1. The molecule has 2 aromatic carbocycles. The van der Waals surface area contributed by atoms with Gasteiger partial charge in [-0.1, -0.05) is 29.8 Å². The van der Waals surface area contributed by atoms with Crippen LogP contribution in [0, 0.1) is 6.92 Å². The second kappa shape index (κ2) is 14.3. The number of nitrogens with one attached hydrogen (secondary N) is 2. The lowest BCUT2D eigenvalue weighted by Gasteiger charge is -2.15. The van der Waals surface area contributed by atoms with Crippen LogP contribution in [0.15, 0.2) is 46.0 Å². The van der Waals surface area contributed by atoms with Gasteiger partial charge in [0.15, 0.2) is 11.5 Å². The number of nitrogens with zero attached hydrogens (tertiary/aromatic N) is 1. The van der Waals surface area contributed by atoms with Crippen LogP contribution in [0.4, 0.5) is 5.00 Å². The van der Waals surface area contributed by atoms with Gasteiger partial charge in [0.25, 0.3) is 0 Å². The molecule has 0 fully saturated rings. The third-order valence-corrected chi connectivity index (χ3v) is 8.10. The summed E-state index contributed by atoms with van der Waals surface area (Å²) in [4.78, 5) is 38.8. The number of rotatable bonds is 10. The number of fused-ring (bicyclic) bond motifs is 1. The summed E-state index contributed by atoms with van der Waals surface area (Å²) in [5, 5.41) is 6.84. The largest absolute Gasteiger partial charge is 0.490 e. The maximum atomic E-state index is 12.7. The van der Waals surface area contributed by atoms with Gasteiger partial charge in [-0.3, -0.25) is 9.59 Å². The highest BCUT2D eigenvalue weighted by molar-refractivity contribution is 9.10. The summed E-state index contributed by atoms with van der Waals surface area (Å²) in [6.45, 7) is 6.62. The second-order valence-corrected chi connectivity index (χ2v) is 11.3. The van der Waals surface area contributed by atoms with E-state index in [-0.39, 0.29) is 6.61 Å². The van der Waals surface area contributed by atoms with E-state index in [0.717, 1.165) is 41.7 Å². The first-order valence-electron chi connectivity index (χ1n) is 13.4. The minimum absolute atomic E-state index is 0.215. The molecule has 2 amide bonds. The van der Waals surface area contributed by atoms with Gasteiger partial charge >= 0.3 is 17.8 Å². The number of esters is 1. The molecule has 9 nitrogen and oxygen atoms in total. The van der Waals surface area contributed by atoms with Crippen LogP contribution in [0.2, 0.25) is 0 Å².